The summed E-state index contributed by atoms with van der Waals surface area (Å²) < 4.78 is 4.99. The Labute approximate surface area is 120 Å². The standard InChI is InChI=1S/C11H17N3O2.2ClH/c1-14(11(15)10(6-12)16-2)8-9-4-3-5-13-7-9;;/h3-5,7,10H,6,8,12H2,1-2H3;2*1H. The van der Waals surface area contributed by atoms with Crippen LogP contribution in [0.25, 0.3) is 0 Å². The van der Waals surface area contributed by atoms with Crippen LogP contribution in [0.1, 0.15) is 5.56 Å². The summed E-state index contributed by atoms with van der Waals surface area (Å²) >= 11 is 0. The van der Waals surface area contributed by atoms with Crippen molar-refractivity contribution in [3.05, 3.63) is 30.1 Å². The summed E-state index contributed by atoms with van der Waals surface area (Å²) in [5, 5.41) is 0. The maximum Gasteiger partial charge on any atom is 0.253 e. The van der Waals surface area contributed by atoms with E-state index >= 15 is 0 Å². The molecule has 0 aliphatic heterocycles. The fourth-order valence-electron chi connectivity index (χ4n) is 1.39. The molecule has 2 N–H and O–H groups in total. The first-order valence-electron chi connectivity index (χ1n) is 5.05. The number of nitrogens with two attached hydrogens (primary N) is 1. The number of nitrogens with zero attached hydrogens (tertiary/aromatic N) is 2. The van der Waals surface area contributed by atoms with Crippen molar-refractivity contribution in [2.24, 2.45) is 5.73 Å². The van der Waals surface area contributed by atoms with E-state index in [4.69, 9.17) is 10.5 Å². The van der Waals surface area contributed by atoms with Gasteiger partial charge in [0, 0.05) is 39.6 Å². The minimum Gasteiger partial charge on any atom is -0.370 e. The Morgan fingerprint density at radius 2 is 2.22 bits per heavy atom. The highest BCUT2D eigenvalue weighted by atomic mass is 35.5. The second-order valence-electron chi connectivity index (χ2n) is 3.52. The predicted octanol–water partition coefficient (Wildman–Crippen LogP) is 0.857. The number of rotatable bonds is 5. The number of likely N-dealkylation sites (N-methyl/N-ethyl adjacent to an activating group) is 1. The fraction of sp³-hybridized carbons (Fsp3) is 0.455. The average Bonchev–Trinajstić information content (AvgIpc) is 2.31. The van der Waals surface area contributed by atoms with Crippen LogP contribution in [-0.4, -0.2) is 42.6 Å². The Kier molecular flexibility index (Phi) is 10.9. The van der Waals surface area contributed by atoms with E-state index in [1.165, 1.54) is 7.11 Å². The molecule has 1 aromatic heterocycles. The Bertz CT molecular complexity index is 334. The molecule has 1 heterocycles. The van der Waals surface area contributed by atoms with Crippen molar-refractivity contribution in [3.8, 4) is 0 Å². The summed E-state index contributed by atoms with van der Waals surface area (Å²) in [6.07, 6.45) is 2.86. The van der Waals surface area contributed by atoms with E-state index in [0.29, 0.717) is 6.54 Å². The summed E-state index contributed by atoms with van der Waals surface area (Å²) in [5.41, 5.74) is 6.41. The minimum absolute atomic E-state index is 0. The van der Waals surface area contributed by atoms with Gasteiger partial charge in [-0.05, 0) is 11.6 Å². The topological polar surface area (TPSA) is 68.5 Å². The van der Waals surface area contributed by atoms with Crippen LogP contribution in [-0.2, 0) is 16.1 Å². The van der Waals surface area contributed by atoms with Gasteiger partial charge in [0.1, 0.15) is 6.10 Å². The van der Waals surface area contributed by atoms with Gasteiger partial charge < -0.3 is 15.4 Å². The Hall–Kier alpha value is -0.880. The van der Waals surface area contributed by atoms with Gasteiger partial charge in [-0.2, -0.15) is 0 Å². The molecule has 0 fully saturated rings. The molecule has 7 heteroatoms. The lowest BCUT2D eigenvalue weighted by Gasteiger charge is -2.21. The van der Waals surface area contributed by atoms with Gasteiger partial charge in [-0.15, -0.1) is 24.8 Å². The van der Waals surface area contributed by atoms with E-state index < -0.39 is 6.10 Å². The molecule has 1 amide bonds. The molecule has 0 saturated carbocycles. The minimum atomic E-state index is -0.568. The zero-order chi connectivity index (χ0) is 12.0. The van der Waals surface area contributed by atoms with Crippen molar-refractivity contribution >= 4 is 30.7 Å². The third-order valence-corrected chi connectivity index (χ3v) is 2.29. The average molecular weight is 296 g/mol. The highest BCUT2D eigenvalue weighted by Gasteiger charge is 2.19. The summed E-state index contributed by atoms with van der Waals surface area (Å²) in [6.45, 7) is 0.694. The van der Waals surface area contributed by atoms with Crippen LogP contribution in [0.3, 0.4) is 0 Å². The van der Waals surface area contributed by atoms with Crippen LogP contribution in [0.15, 0.2) is 24.5 Å². The molecular formula is C11H19Cl2N3O2. The van der Waals surface area contributed by atoms with Crippen molar-refractivity contribution in [2.45, 2.75) is 12.6 Å². The number of carbonyl (C=O) groups excluding carboxylic acids is 1. The Balaban J connectivity index is 0. The Morgan fingerprint density at radius 1 is 1.56 bits per heavy atom. The van der Waals surface area contributed by atoms with Crippen molar-refractivity contribution < 1.29 is 9.53 Å². The van der Waals surface area contributed by atoms with Gasteiger partial charge in [-0.1, -0.05) is 6.07 Å². The lowest BCUT2D eigenvalue weighted by atomic mass is 10.2. The van der Waals surface area contributed by atoms with Crippen molar-refractivity contribution in [1.29, 1.82) is 0 Å². The summed E-state index contributed by atoms with van der Waals surface area (Å²) in [4.78, 5) is 17.4. The largest absolute Gasteiger partial charge is 0.370 e. The van der Waals surface area contributed by atoms with E-state index in [2.05, 4.69) is 4.98 Å². The van der Waals surface area contributed by atoms with Gasteiger partial charge in [0.25, 0.3) is 5.91 Å². The van der Waals surface area contributed by atoms with E-state index in [1.54, 1.807) is 24.3 Å². The third-order valence-electron chi connectivity index (χ3n) is 2.29. The SMILES string of the molecule is COC(CN)C(=O)N(C)Cc1cccnc1.Cl.Cl. The number of carbonyl (C=O) groups is 1. The van der Waals surface area contributed by atoms with Gasteiger partial charge in [0.2, 0.25) is 0 Å². The second-order valence-corrected chi connectivity index (χ2v) is 3.52. The lowest BCUT2D eigenvalue weighted by Crippen LogP contribution is -2.41. The number of amides is 1. The number of methoxy groups -OCH3 is 1. The molecule has 0 bridgehead atoms. The monoisotopic (exact) mass is 295 g/mol. The molecule has 1 atom stereocenters. The second kappa shape index (κ2) is 10.1. The predicted molar refractivity (Wildman–Crippen MR) is 75.1 cm³/mol. The molecule has 0 spiro atoms. The molecule has 104 valence electrons. The van der Waals surface area contributed by atoms with Crippen molar-refractivity contribution in [2.75, 3.05) is 20.7 Å². The van der Waals surface area contributed by atoms with Gasteiger partial charge in [0.05, 0.1) is 0 Å². The van der Waals surface area contributed by atoms with Crippen LogP contribution >= 0.6 is 24.8 Å². The number of hydrogen-bond acceptors (Lipinski definition) is 4. The smallest absolute Gasteiger partial charge is 0.253 e. The van der Waals surface area contributed by atoms with Crippen LogP contribution in [0, 0.1) is 0 Å². The molecule has 0 radical (unpaired) electrons. The highest BCUT2D eigenvalue weighted by molar-refractivity contribution is 5.85. The normalized spacial score (nSPS) is 10.8. The first kappa shape index (κ1) is 19.5. The summed E-state index contributed by atoms with van der Waals surface area (Å²) in [6, 6.07) is 3.76. The fourth-order valence-corrected chi connectivity index (χ4v) is 1.39. The zero-order valence-corrected chi connectivity index (χ0v) is 12.0. The van der Waals surface area contributed by atoms with Gasteiger partial charge in [0.15, 0.2) is 0 Å². The van der Waals surface area contributed by atoms with Crippen molar-refractivity contribution in [3.63, 3.8) is 0 Å². The molecule has 18 heavy (non-hydrogen) atoms. The van der Waals surface area contributed by atoms with Gasteiger partial charge >= 0.3 is 0 Å². The lowest BCUT2D eigenvalue weighted by molar-refractivity contribution is -0.140. The quantitative estimate of drug-likeness (QED) is 0.875. The molecule has 0 aliphatic carbocycles. The number of pyridine rings is 1. The maximum absolute atomic E-state index is 11.8. The van der Waals surface area contributed by atoms with Crippen LogP contribution in [0.5, 0.6) is 0 Å². The van der Waals surface area contributed by atoms with E-state index in [-0.39, 0.29) is 37.3 Å². The van der Waals surface area contributed by atoms with Crippen LogP contribution < -0.4 is 5.73 Å². The molecule has 0 aromatic carbocycles. The van der Waals surface area contributed by atoms with E-state index in [9.17, 15) is 4.79 Å². The van der Waals surface area contributed by atoms with E-state index in [1.807, 2.05) is 12.1 Å². The molecular weight excluding hydrogens is 277 g/mol. The summed E-state index contributed by atoms with van der Waals surface area (Å²) in [5.74, 6) is -0.117. The maximum atomic E-state index is 11.8. The molecule has 1 aromatic rings. The summed E-state index contributed by atoms with van der Waals surface area (Å²) in [7, 11) is 3.20. The first-order valence-corrected chi connectivity index (χ1v) is 5.05. The molecule has 1 rings (SSSR count). The molecule has 0 saturated heterocycles. The van der Waals surface area contributed by atoms with Crippen LogP contribution in [0.2, 0.25) is 0 Å². The number of aromatic nitrogens is 1. The van der Waals surface area contributed by atoms with Gasteiger partial charge in [-0.3, -0.25) is 9.78 Å². The Morgan fingerprint density at radius 3 is 2.67 bits per heavy atom. The van der Waals surface area contributed by atoms with Gasteiger partial charge in [-0.25, -0.2) is 0 Å². The number of hydrogen-bond donors (Lipinski definition) is 1. The molecule has 0 aliphatic rings. The van der Waals surface area contributed by atoms with Crippen molar-refractivity contribution in [1.82, 2.24) is 9.88 Å². The zero-order valence-electron chi connectivity index (χ0n) is 10.4. The molecule has 1 unspecified atom stereocenters. The molecule has 5 nitrogen and oxygen atoms in total. The first-order chi connectivity index (χ1) is 7.69. The third kappa shape index (κ3) is 5.64. The number of halogens is 2. The number of ether oxygens (including phenoxy) is 1. The van der Waals surface area contributed by atoms with Crippen LogP contribution in [0.4, 0.5) is 0 Å². The van der Waals surface area contributed by atoms with E-state index in [0.717, 1.165) is 5.56 Å². The highest BCUT2D eigenvalue weighted by Crippen LogP contribution is 2.03.